The molecule has 0 fully saturated rings. The zero-order valence-corrected chi connectivity index (χ0v) is 14.9. The van der Waals surface area contributed by atoms with Crippen LogP contribution in [0.2, 0.25) is 0 Å². The van der Waals surface area contributed by atoms with E-state index in [9.17, 15) is 12.8 Å². The average Bonchev–Trinajstić information content (AvgIpc) is 2.59. The molecule has 0 aromatic heterocycles. The first-order valence-corrected chi connectivity index (χ1v) is 9.44. The van der Waals surface area contributed by atoms with Gasteiger partial charge in [-0.25, -0.2) is 12.8 Å². The molecule has 0 saturated carbocycles. The lowest BCUT2D eigenvalue weighted by Gasteiger charge is -2.21. The Labute approximate surface area is 148 Å². The smallest absolute Gasteiger partial charge is 0.243 e. The highest BCUT2D eigenvalue weighted by Gasteiger charge is 2.23. The molecule has 0 spiro atoms. The molecule has 0 saturated heterocycles. The van der Waals surface area contributed by atoms with E-state index in [-0.39, 0.29) is 30.4 Å². The van der Waals surface area contributed by atoms with Crippen LogP contribution in [0.25, 0.3) is 0 Å². The lowest BCUT2D eigenvalue weighted by molar-refractivity contribution is 0.341. The molecule has 25 heavy (non-hydrogen) atoms. The van der Waals surface area contributed by atoms with Crippen molar-refractivity contribution in [3.63, 3.8) is 0 Å². The number of halogens is 1. The number of hydrogen-bond donors (Lipinski definition) is 1. The maximum atomic E-state index is 13.0. The zero-order chi connectivity index (χ0) is 18.3. The van der Waals surface area contributed by atoms with Gasteiger partial charge in [-0.1, -0.05) is 42.0 Å². The minimum atomic E-state index is -3.65. The van der Waals surface area contributed by atoms with Crippen LogP contribution in [-0.2, 0) is 16.4 Å². The molecule has 4 nitrogen and oxygen atoms in total. The van der Waals surface area contributed by atoms with E-state index in [4.69, 9.17) is 5.11 Å². The number of aliphatic hydroxyl groups is 1. The van der Waals surface area contributed by atoms with E-state index in [1.807, 2.05) is 6.92 Å². The van der Waals surface area contributed by atoms with Gasteiger partial charge in [0, 0.05) is 13.1 Å². The third-order valence-electron chi connectivity index (χ3n) is 3.80. The second-order valence-corrected chi connectivity index (χ2v) is 7.64. The minimum absolute atomic E-state index is 0.142. The quantitative estimate of drug-likeness (QED) is 0.734. The summed E-state index contributed by atoms with van der Waals surface area (Å²) in [5.41, 5.74) is 1.84. The van der Waals surface area contributed by atoms with Crippen molar-refractivity contribution in [2.24, 2.45) is 0 Å². The van der Waals surface area contributed by atoms with E-state index in [1.54, 1.807) is 42.5 Å². The highest BCUT2D eigenvalue weighted by atomic mass is 32.2. The summed E-state index contributed by atoms with van der Waals surface area (Å²) in [4.78, 5) is 0.231. The Kier molecular flexibility index (Phi) is 6.87. The van der Waals surface area contributed by atoms with Gasteiger partial charge in [-0.3, -0.25) is 0 Å². The summed E-state index contributed by atoms with van der Waals surface area (Å²) < 4.78 is 40.1. The Bertz CT molecular complexity index is 800. The molecule has 0 atom stereocenters. The van der Waals surface area contributed by atoms with Crippen LogP contribution >= 0.6 is 0 Å². The Balaban J connectivity index is 2.20. The molecule has 2 aromatic rings. The van der Waals surface area contributed by atoms with Crippen LogP contribution in [0.4, 0.5) is 4.39 Å². The second-order valence-electron chi connectivity index (χ2n) is 5.71. The summed E-state index contributed by atoms with van der Waals surface area (Å²) in [6.07, 6.45) is 3.60. The zero-order valence-electron chi connectivity index (χ0n) is 14.1. The topological polar surface area (TPSA) is 57.6 Å². The van der Waals surface area contributed by atoms with Gasteiger partial charge in [0.1, 0.15) is 5.82 Å². The van der Waals surface area contributed by atoms with E-state index in [2.05, 4.69) is 0 Å². The van der Waals surface area contributed by atoms with Crippen LogP contribution in [0.5, 0.6) is 0 Å². The Morgan fingerprint density at radius 3 is 2.28 bits per heavy atom. The van der Waals surface area contributed by atoms with E-state index in [0.717, 1.165) is 11.1 Å². The largest absolute Gasteiger partial charge is 0.392 e. The van der Waals surface area contributed by atoms with Gasteiger partial charge in [0.05, 0.1) is 11.5 Å². The molecule has 0 heterocycles. The summed E-state index contributed by atoms with van der Waals surface area (Å²) in [5, 5.41) is 8.87. The first-order chi connectivity index (χ1) is 11.9. The fourth-order valence-corrected chi connectivity index (χ4v) is 3.73. The highest BCUT2D eigenvalue weighted by molar-refractivity contribution is 7.89. The van der Waals surface area contributed by atoms with Crippen LogP contribution in [0, 0.1) is 12.7 Å². The maximum absolute atomic E-state index is 13.0. The van der Waals surface area contributed by atoms with Crippen molar-refractivity contribution in [2.75, 3.05) is 19.7 Å². The fraction of sp³-hybridized carbons (Fsp3) is 0.263. The van der Waals surface area contributed by atoms with Crippen LogP contribution in [-0.4, -0.2) is 37.5 Å². The summed E-state index contributed by atoms with van der Waals surface area (Å²) in [6, 6.07) is 12.7. The molecule has 0 aliphatic rings. The van der Waals surface area contributed by atoms with Crippen molar-refractivity contribution in [3.05, 3.63) is 77.6 Å². The van der Waals surface area contributed by atoms with Gasteiger partial charge in [-0.15, -0.1) is 0 Å². The Morgan fingerprint density at radius 1 is 1.04 bits per heavy atom. The second kappa shape index (κ2) is 8.89. The van der Waals surface area contributed by atoms with Crippen LogP contribution in [0.15, 0.2) is 65.6 Å². The first-order valence-electron chi connectivity index (χ1n) is 8.00. The van der Waals surface area contributed by atoms with Crippen molar-refractivity contribution in [2.45, 2.75) is 18.2 Å². The van der Waals surface area contributed by atoms with E-state index < -0.39 is 10.0 Å². The molecule has 0 bridgehead atoms. The summed E-state index contributed by atoms with van der Waals surface area (Å²) in [6.45, 7) is 2.18. The SMILES string of the molecule is Cc1ccc(S(=O)(=O)N(C/C=C/CO)CCc2ccc(F)cc2)cc1. The molecule has 0 amide bonds. The number of nitrogens with zero attached hydrogens (tertiary/aromatic N) is 1. The maximum Gasteiger partial charge on any atom is 0.243 e. The van der Waals surface area contributed by atoms with Gasteiger partial charge in [-0.05, 0) is 43.2 Å². The van der Waals surface area contributed by atoms with Gasteiger partial charge < -0.3 is 5.11 Å². The van der Waals surface area contributed by atoms with Crippen molar-refractivity contribution in [1.29, 1.82) is 0 Å². The number of benzene rings is 2. The highest BCUT2D eigenvalue weighted by Crippen LogP contribution is 2.17. The van der Waals surface area contributed by atoms with Gasteiger partial charge in [0.25, 0.3) is 0 Å². The normalized spacial score (nSPS) is 12.2. The summed E-state index contributed by atoms with van der Waals surface area (Å²) in [7, 11) is -3.65. The number of aliphatic hydroxyl groups excluding tert-OH is 1. The predicted molar refractivity (Wildman–Crippen MR) is 96.3 cm³/mol. The van der Waals surface area contributed by atoms with E-state index >= 15 is 0 Å². The molecule has 0 aliphatic heterocycles. The van der Waals surface area contributed by atoms with Crippen molar-refractivity contribution in [3.8, 4) is 0 Å². The average molecular weight is 363 g/mol. The van der Waals surface area contributed by atoms with Crippen molar-refractivity contribution < 1.29 is 17.9 Å². The van der Waals surface area contributed by atoms with Gasteiger partial charge >= 0.3 is 0 Å². The number of hydrogen-bond acceptors (Lipinski definition) is 3. The van der Waals surface area contributed by atoms with Crippen LogP contribution in [0.3, 0.4) is 0 Å². The minimum Gasteiger partial charge on any atom is -0.392 e. The summed E-state index contributed by atoms with van der Waals surface area (Å²) >= 11 is 0. The monoisotopic (exact) mass is 363 g/mol. The molecule has 0 aliphatic carbocycles. The third-order valence-corrected chi connectivity index (χ3v) is 5.68. The number of sulfonamides is 1. The molecule has 1 N–H and O–H groups in total. The molecule has 134 valence electrons. The molecule has 0 unspecified atom stereocenters. The van der Waals surface area contributed by atoms with Gasteiger partial charge in [-0.2, -0.15) is 4.31 Å². The molecule has 2 rings (SSSR count). The molecular weight excluding hydrogens is 341 g/mol. The third kappa shape index (κ3) is 5.49. The Morgan fingerprint density at radius 2 is 1.68 bits per heavy atom. The van der Waals surface area contributed by atoms with Crippen molar-refractivity contribution >= 4 is 10.0 Å². The molecule has 6 heteroatoms. The van der Waals surface area contributed by atoms with Crippen molar-refractivity contribution in [1.82, 2.24) is 4.31 Å². The standard InChI is InChI=1S/C19H22FNO3S/c1-16-4-10-19(11-5-16)25(23,24)21(13-2-3-15-22)14-12-17-6-8-18(20)9-7-17/h2-11,22H,12-15H2,1H3/b3-2+. The summed E-state index contributed by atoms with van der Waals surface area (Å²) in [5.74, 6) is -0.321. The first kappa shape index (κ1) is 19.3. The molecule has 2 aromatic carbocycles. The number of rotatable bonds is 8. The molecule has 0 radical (unpaired) electrons. The number of aryl methyl sites for hydroxylation is 1. The van der Waals surface area contributed by atoms with Gasteiger partial charge in [0.15, 0.2) is 0 Å². The fourth-order valence-electron chi connectivity index (χ4n) is 2.34. The van der Waals surface area contributed by atoms with E-state index in [1.165, 1.54) is 22.5 Å². The van der Waals surface area contributed by atoms with E-state index in [0.29, 0.717) is 6.42 Å². The lowest BCUT2D eigenvalue weighted by atomic mass is 10.1. The lowest BCUT2D eigenvalue weighted by Crippen LogP contribution is -2.33. The van der Waals surface area contributed by atoms with Crippen LogP contribution < -0.4 is 0 Å². The Hall–Kier alpha value is -2.02. The van der Waals surface area contributed by atoms with Crippen LogP contribution in [0.1, 0.15) is 11.1 Å². The predicted octanol–water partition coefficient (Wildman–Crippen LogP) is 2.92. The molecular formula is C19H22FNO3S. The van der Waals surface area contributed by atoms with Gasteiger partial charge in [0.2, 0.25) is 10.0 Å².